The van der Waals surface area contributed by atoms with Crippen LogP contribution in [0.5, 0.6) is 5.75 Å². The van der Waals surface area contributed by atoms with Crippen LogP contribution in [-0.4, -0.2) is 28.3 Å². The Morgan fingerprint density at radius 2 is 1.72 bits per heavy atom. The number of amides is 1. The molecule has 1 heterocycles. The van der Waals surface area contributed by atoms with Gasteiger partial charge in [0, 0.05) is 0 Å². The number of rotatable bonds is 7. The average Bonchev–Trinajstić information content (AvgIpc) is 2.83. The first-order valence-electron chi connectivity index (χ1n) is 10.2. The van der Waals surface area contributed by atoms with E-state index in [0.29, 0.717) is 27.5 Å². The highest BCUT2D eigenvalue weighted by Gasteiger charge is 2.16. The molecule has 4 aromatic rings. The molecule has 4 rings (SSSR count). The molecule has 0 unspecified atom stereocenters. The van der Waals surface area contributed by atoms with Gasteiger partial charge in [0.2, 0.25) is 5.91 Å². The molecule has 0 radical (unpaired) electrons. The number of nitrogens with zero attached hydrogens (tertiary/aromatic N) is 2. The Morgan fingerprint density at radius 3 is 2.44 bits per heavy atom. The normalized spacial score (nSPS) is 11.8. The van der Waals surface area contributed by atoms with Gasteiger partial charge in [-0.15, -0.1) is 0 Å². The van der Waals surface area contributed by atoms with Crippen LogP contribution >= 0.6 is 11.8 Å². The molecular formula is C25H23N3O3S. The maximum absolute atomic E-state index is 13.3. The lowest BCUT2D eigenvalue weighted by Crippen LogP contribution is -2.29. The number of nitrogens with one attached hydrogen (secondary N) is 1. The van der Waals surface area contributed by atoms with Gasteiger partial charge in [0.25, 0.3) is 5.56 Å². The van der Waals surface area contributed by atoms with Crippen molar-refractivity contribution in [1.29, 1.82) is 0 Å². The van der Waals surface area contributed by atoms with Crippen molar-refractivity contribution in [2.24, 2.45) is 0 Å². The van der Waals surface area contributed by atoms with Crippen LogP contribution in [0.4, 0.5) is 0 Å². The van der Waals surface area contributed by atoms with E-state index in [0.717, 1.165) is 5.56 Å². The molecule has 0 bridgehead atoms. The summed E-state index contributed by atoms with van der Waals surface area (Å²) in [4.78, 5) is 30.6. The summed E-state index contributed by atoms with van der Waals surface area (Å²) in [5, 5.41) is 3.98. The molecule has 0 fully saturated rings. The van der Waals surface area contributed by atoms with E-state index in [2.05, 4.69) is 10.3 Å². The van der Waals surface area contributed by atoms with Crippen LogP contribution < -0.4 is 15.6 Å². The lowest BCUT2D eigenvalue weighted by molar-refractivity contribution is -0.119. The van der Waals surface area contributed by atoms with Gasteiger partial charge >= 0.3 is 0 Å². The molecule has 0 aliphatic carbocycles. The minimum absolute atomic E-state index is 0.113. The number of fused-ring (bicyclic) bond motifs is 1. The first kappa shape index (κ1) is 21.6. The van der Waals surface area contributed by atoms with E-state index in [4.69, 9.17) is 4.74 Å². The zero-order valence-corrected chi connectivity index (χ0v) is 18.6. The molecule has 7 heteroatoms. The summed E-state index contributed by atoms with van der Waals surface area (Å²) in [6.07, 6.45) is 0. The Balaban J connectivity index is 1.62. The number of carbonyl (C=O) groups excluding carboxylic acids is 1. The summed E-state index contributed by atoms with van der Waals surface area (Å²) in [6, 6.07) is 24.1. The minimum atomic E-state index is -0.179. The smallest absolute Gasteiger partial charge is 0.266 e. The van der Waals surface area contributed by atoms with Gasteiger partial charge in [0.1, 0.15) is 5.75 Å². The molecule has 0 saturated heterocycles. The van der Waals surface area contributed by atoms with Crippen molar-refractivity contribution in [2.45, 2.75) is 18.1 Å². The number of methoxy groups -OCH3 is 1. The fourth-order valence-corrected chi connectivity index (χ4v) is 4.23. The van der Waals surface area contributed by atoms with E-state index >= 15 is 0 Å². The Labute approximate surface area is 190 Å². The maximum atomic E-state index is 13.3. The second-order valence-corrected chi connectivity index (χ2v) is 8.18. The number of hydrogen-bond acceptors (Lipinski definition) is 5. The second-order valence-electron chi connectivity index (χ2n) is 7.24. The lowest BCUT2D eigenvalue weighted by Gasteiger charge is -2.16. The van der Waals surface area contributed by atoms with Crippen molar-refractivity contribution < 1.29 is 9.53 Å². The van der Waals surface area contributed by atoms with Crippen LogP contribution in [-0.2, 0) is 4.79 Å². The number of thioether (sulfide) groups is 1. The molecule has 0 aliphatic heterocycles. The third kappa shape index (κ3) is 4.68. The van der Waals surface area contributed by atoms with Crippen LogP contribution in [0.1, 0.15) is 18.5 Å². The summed E-state index contributed by atoms with van der Waals surface area (Å²) < 4.78 is 6.77. The Kier molecular flexibility index (Phi) is 6.56. The summed E-state index contributed by atoms with van der Waals surface area (Å²) >= 11 is 1.23. The molecule has 0 saturated carbocycles. The molecule has 32 heavy (non-hydrogen) atoms. The van der Waals surface area contributed by atoms with Gasteiger partial charge in [0.15, 0.2) is 5.16 Å². The Morgan fingerprint density at radius 1 is 1.03 bits per heavy atom. The van der Waals surface area contributed by atoms with E-state index < -0.39 is 0 Å². The van der Waals surface area contributed by atoms with Gasteiger partial charge in [-0.25, -0.2) is 4.98 Å². The van der Waals surface area contributed by atoms with Gasteiger partial charge < -0.3 is 10.1 Å². The van der Waals surface area contributed by atoms with Crippen LogP contribution in [0.25, 0.3) is 16.6 Å². The highest BCUT2D eigenvalue weighted by atomic mass is 32.2. The Bertz CT molecular complexity index is 1290. The highest BCUT2D eigenvalue weighted by molar-refractivity contribution is 7.99. The van der Waals surface area contributed by atoms with E-state index in [1.807, 2.05) is 49.4 Å². The summed E-state index contributed by atoms with van der Waals surface area (Å²) in [5.41, 5.74) is 2.11. The molecule has 1 N–H and O–H groups in total. The van der Waals surface area contributed by atoms with Crippen molar-refractivity contribution >= 4 is 28.6 Å². The zero-order chi connectivity index (χ0) is 22.5. The summed E-state index contributed by atoms with van der Waals surface area (Å²) in [6.45, 7) is 1.94. The van der Waals surface area contributed by atoms with E-state index in [1.165, 1.54) is 11.8 Å². The number of ether oxygens (including phenoxy) is 1. The van der Waals surface area contributed by atoms with Crippen LogP contribution in [0.15, 0.2) is 88.8 Å². The third-order valence-corrected chi connectivity index (χ3v) is 6.02. The van der Waals surface area contributed by atoms with Gasteiger partial charge in [-0.05, 0) is 48.9 Å². The first-order valence-corrected chi connectivity index (χ1v) is 11.2. The van der Waals surface area contributed by atoms with E-state index in [9.17, 15) is 9.59 Å². The molecule has 162 valence electrons. The lowest BCUT2D eigenvalue weighted by atomic mass is 10.1. The highest BCUT2D eigenvalue weighted by Crippen LogP contribution is 2.23. The van der Waals surface area contributed by atoms with Gasteiger partial charge in [-0.2, -0.15) is 0 Å². The van der Waals surface area contributed by atoms with E-state index in [1.54, 1.807) is 48.1 Å². The fourth-order valence-electron chi connectivity index (χ4n) is 3.41. The molecule has 3 aromatic carbocycles. The molecule has 0 aliphatic rings. The number of hydrogen-bond donors (Lipinski definition) is 1. The van der Waals surface area contributed by atoms with Crippen LogP contribution in [0.3, 0.4) is 0 Å². The molecule has 6 nitrogen and oxygen atoms in total. The summed E-state index contributed by atoms with van der Waals surface area (Å²) in [7, 11) is 1.59. The van der Waals surface area contributed by atoms with E-state index in [-0.39, 0.29) is 23.3 Å². The second kappa shape index (κ2) is 9.70. The quantitative estimate of drug-likeness (QED) is 0.338. The molecule has 1 amide bonds. The molecule has 1 atom stereocenters. The first-order chi connectivity index (χ1) is 15.6. The Hall–Kier alpha value is -3.58. The largest absolute Gasteiger partial charge is 0.497 e. The van der Waals surface area contributed by atoms with Crippen LogP contribution in [0.2, 0.25) is 0 Å². The minimum Gasteiger partial charge on any atom is -0.497 e. The van der Waals surface area contributed by atoms with Gasteiger partial charge in [-0.3, -0.25) is 14.2 Å². The predicted molar refractivity (Wildman–Crippen MR) is 128 cm³/mol. The number of para-hydroxylation sites is 1. The van der Waals surface area contributed by atoms with Crippen LogP contribution in [0, 0.1) is 0 Å². The maximum Gasteiger partial charge on any atom is 0.266 e. The standard InChI is InChI=1S/C25H23N3O3S/c1-17(18-8-4-3-5-9-18)26-23(29)16-32-25-27-22-11-7-6-10-21(22)24(30)28(25)19-12-14-20(31-2)15-13-19/h3-15,17H,16H2,1-2H3,(H,26,29)/t17-/m1/s1. The van der Waals surface area contributed by atoms with Gasteiger partial charge in [0.05, 0.1) is 35.5 Å². The van der Waals surface area contributed by atoms with Gasteiger partial charge in [-0.1, -0.05) is 54.2 Å². The van der Waals surface area contributed by atoms with Crippen molar-refractivity contribution in [3.63, 3.8) is 0 Å². The van der Waals surface area contributed by atoms with Crippen molar-refractivity contribution in [3.8, 4) is 11.4 Å². The zero-order valence-electron chi connectivity index (χ0n) is 17.8. The van der Waals surface area contributed by atoms with Crippen molar-refractivity contribution in [1.82, 2.24) is 14.9 Å². The monoisotopic (exact) mass is 445 g/mol. The topological polar surface area (TPSA) is 73.2 Å². The van der Waals surface area contributed by atoms with Crippen molar-refractivity contribution in [3.05, 3.63) is 94.8 Å². The predicted octanol–water partition coefficient (Wildman–Crippen LogP) is 4.36. The number of benzene rings is 3. The average molecular weight is 446 g/mol. The SMILES string of the molecule is COc1ccc(-n2c(SCC(=O)N[C@H](C)c3ccccc3)nc3ccccc3c2=O)cc1. The molecule has 0 spiro atoms. The molecular weight excluding hydrogens is 422 g/mol. The number of aromatic nitrogens is 2. The molecule has 1 aromatic heterocycles. The third-order valence-electron chi connectivity index (χ3n) is 5.08. The fraction of sp³-hybridized carbons (Fsp3) is 0.160. The van der Waals surface area contributed by atoms with Crippen molar-refractivity contribution in [2.75, 3.05) is 12.9 Å². The number of carbonyl (C=O) groups is 1. The summed E-state index contributed by atoms with van der Waals surface area (Å²) in [5.74, 6) is 0.701.